The summed E-state index contributed by atoms with van der Waals surface area (Å²) in [6, 6.07) is 11.2. The second-order valence-corrected chi connectivity index (χ2v) is 4.23. The van der Waals surface area contributed by atoms with Crippen LogP contribution in [-0.4, -0.2) is 28.4 Å². The average molecular weight is 289 g/mol. The molecule has 0 amide bonds. The minimum atomic E-state index is 0.611. The van der Waals surface area contributed by atoms with Crippen molar-refractivity contribution in [2.24, 2.45) is 0 Å². The van der Waals surface area contributed by atoms with Gasteiger partial charge in [0.2, 0.25) is 0 Å². The van der Waals surface area contributed by atoms with E-state index >= 15 is 0 Å². The summed E-state index contributed by atoms with van der Waals surface area (Å²) in [5.41, 5.74) is 1.60. The number of hydrogen-bond donors (Lipinski definition) is 1. The summed E-state index contributed by atoms with van der Waals surface area (Å²) in [7, 11) is 6.42. The van der Waals surface area contributed by atoms with E-state index in [1.54, 1.807) is 34.5 Å². The Bertz CT molecular complexity index is 613. The van der Waals surface area contributed by atoms with Crippen molar-refractivity contribution in [1.29, 1.82) is 0 Å². The first kappa shape index (κ1) is 14.8. The van der Waals surface area contributed by atoms with Gasteiger partial charge < -0.3 is 24.3 Å². The molecule has 0 aromatic heterocycles. The molecule has 5 nitrogen and oxygen atoms in total. The van der Waals surface area contributed by atoms with Crippen LogP contribution in [0.1, 0.15) is 0 Å². The van der Waals surface area contributed by atoms with E-state index < -0.39 is 0 Å². The number of para-hydroxylation sites is 2. The molecular weight excluding hydrogens is 270 g/mol. The van der Waals surface area contributed by atoms with Crippen LogP contribution < -0.4 is 24.3 Å². The predicted molar refractivity (Wildman–Crippen MR) is 82.4 cm³/mol. The summed E-state index contributed by atoms with van der Waals surface area (Å²) >= 11 is 0. The molecule has 2 aromatic rings. The number of ether oxygens (including phenoxy) is 4. The maximum absolute atomic E-state index is 5.39. The summed E-state index contributed by atoms with van der Waals surface area (Å²) in [5, 5.41) is 3.28. The van der Waals surface area contributed by atoms with Gasteiger partial charge in [-0.3, -0.25) is 0 Å². The number of methoxy groups -OCH3 is 4. The van der Waals surface area contributed by atoms with E-state index in [1.165, 1.54) is 0 Å². The van der Waals surface area contributed by atoms with Gasteiger partial charge in [-0.15, -0.1) is 0 Å². The molecule has 0 heterocycles. The van der Waals surface area contributed by atoms with Gasteiger partial charge >= 0.3 is 0 Å². The molecule has 0 saturated carbocycles. The van der Waals surface area contributed by atoms with Crippen molar-refractivity contribution in [1.82, 2.24) is 0 Å². The summed E-state index contributed by atoms with van der Waals surface area (Å²) in [5.74, 6) is 2.63. The number of nitrogens with one attached hydrogen (secondary N) is 1. The highest BCUT2D eigenvalue weighted by Crippen LogP contribution is 2.40. The van der Waals surface area contributed by atoms with Crippen molar-refractivity contribution in [3.63, 3.8) is 0 Å². The van der Waals surface area contributed by atoms with Crippen LogP contribution in [0.25, 0.3) is 0 Å². The monoisotopic (exact) mass is 289 g/mol. The molecule has 0 unspecified atom stereocenters. The lowest BCUT2D eigenvalue weighted by atomic mass is 10.2. The number of rotatable bonds is 6. The number of hydrogen-bond acceptors (Lipinski definition) is 5. The molecule has 1 N–H and O–H groups in total. The highest BCUT2D eigenvalue weighted by Gasteiger charge is 2.13. The Kier molecular flexibility index (Phi) is 4.77. The zero-order chi connectivity index (χ0) is 15.2. The largest absolute Gasteiger partial charge is 0.495 e. The SMILES string of the molecule is COc1ccccc1Nc1cc(OC)c(OC)cc1OC. The molecule has 2 rings (SSSR count). The van der Waals surface area contributed by atoms with Gasteiger partial charge in [0.1, 0.15) is 11.5 Å². The van der Waals surface area contributed by atoms with Crippen LogP contribution in [0.5, 0.6) is 23.0 Å². The van der Waals surface area contributed by atoms with Gasteiger partial charge in [0, 0.05) is 12.1 Å². The summed E-state index contributed by atoms with van der Waals surface area (Å²) in [6.07, 6.45) is 0. The summed E-state index contributed by atoms with van der Waals surface area (Å²) in [4.78, 5) is 0. The van der Waals surface area contributed by atoms with Gasteiger partial charge in [-0.2, -0.15) is 0 Å². The van der Waals surface area contributed by atoms with Gasteiger partial charge in [-0.05, 0) is 12.1 Å². The fourth-order valence-corrected chi connectivity index (χ4v) is 2.02. The number of anilines is 2. The number of benzene rings is 2. The molecule has 5 heteroatoms. The predicted octanol–water partition coefficient (Wildman–Crippen LogP) is 3.46. The smallest absolute Gasteiger partial charge is 0.164 e. The van der Waals surface area contributed by atoms with Crippen LogP contribution in [0.4, 0.5) is 11.4 Å². The van der Waals surface area contributed by atoms with Crippen molar-refractivity contribution in [2.45, 2.75) is 0 Å². The minimum absolute atomic E-state index is 0.611. The highest BCUT2D eigenvalue weighted by molar-refractivity contribution is 5.73. The Hall–Kier alpha value is -2.56. The van der Waals surface area contributed by atoms with E-state index in [2.05, 4.69) is 5.32 Å². The molecule has 0 aliphatic rings. The Labute approximate surface area is 124 Å². The van der Waals surface area contributed by atoms with Crippen molar-refractivity contribution in [3.8, 4) is 23.0 Å². The van der Waals surface area contributed by atoms with Crippen LogP contribution in [0.2, 0.25) is 0 Å². The second-order valence-electron chi connectivity index (χ2n) is 4.23. The Balaban J connectivity index is 2.43. The van der Waals surface area contributed by atoms with Gasteiger partial charge in [0.15, 0.2) is 11.5 Å². The molecule has 0 fully saturated rings. The molecule has 0 bridgehead atoms. The molecule has 0 atom stereocenters. The lowest BCUT2D eigenvalue weighted by Crippen LogP contribution is -1.99. The molecular formula is C16H19NO4. The maximum atomic E-state index is 5.39. The maximum Gasteiger partial charge on any atom is 0.164 e. The quantitative estimate of drug-likeness (QED) is 0.882. The van der Waals surface area contributed by atoms with Crippen LogP contribution in [0, 0.1) is 0 Å². The van der Waals surface area contributed by atoms with Crippen molar-refractivity contribution in [3.05, 3.63) is 36.4 Å². The fraction of sp³-hybridized carbons (Fsp3) is 0.250. The van der Waals surface area contributed by atoms with Crippen LogP contribution in [0.15, 0.2) is 36.4 Å². The fourth-order valence-electron chi connectivity index (χ4n) is 2.02. The first-order valence-corrected chi connectivity index (χ1v) is 6.43. The molecule has 0 aliphatic carbocycles. The molecule has 0 spiro atoms. The van der Waals surface area contributed by atoms with E-state index in [0.717, 1.165) is 17.1 Å². The third-order valence-electron chi connectivity index (χ3n) is 3.08. The minimum Gasteiger partial charge on any atom is -0.495 e. The molecule has 21 heavy (non-hydrogen) atoms. The molecule has 0 saturated heterocycles. The lowest BCUT2D eigenvalue weighted by Gasteiger charge is -2.16. The Morgan fingerprint density at radius 1 is 0.619 bits per heavy atom. The first-order chi connectivity index (χ1) is 10.2. The third-order valence-corrected chi connectivity index (χ3v) is 3.08. The van der Waals surface area contributed by atoms with Crippen LogP contribution >= 0.6 is 0 Å². The van der Waals surface area contributed by atoms with E-state index in [1.807, 2.05) is 30.3 Å². The van der Waals surface area contributed by atoms with E-state index in [4.69, 9.17) is 18.9 Å². The molecule has 0 radical (unpaired) electrons. The first-order valence-electron chi connectivity index (χ1n) is 6.43. The normalized spacial score (nSPS) is 9.90. The van der Waals surface area contributed by atoms with Crippen molar-refractivity contribution >= 4 is 11.4 Å². The van der Waals surface area contributed by atoms with E-state index in [0.29, 0.717) is 17.2 Å². The second kappa shape index (κ2) is 6.74. The zero-order valence-corrected chi connectivity index (χ0v) is 12.6. The molecule has 0 aliphatic heterocycles. The van der Waals surface area contributed by atoms with Gasteiger partial charge in [-0.1, -0.05) is 12.1 Å². The zero-order valence-electron chi connectivity index (χ0n) is 12.6. The van der Waals surface area contributed by atoms with Crippen LogP contribution in [0.3, 0.4) is 0 Å². The molecule has 112 valence electrons. The Morgan fingerprint density at radius 2 is 1.19 bits per heavy atom. The molecule has 2 aromatic carbocycles. The van der Waals surface area contributed by atoms with Gasteiger partial charge in [0.25, 0.3) is 0 Å². The summed E-state index contributed by atoms with van der Waals surface area (Å²) < 4.78 is 21.3. The lowest BCUT2D eigenvalue weighted by molar-refractivity contribution is 0.349. The van der Waals surface area contributed by atoms with E-state index in [-0.39, 0.29) is 0 Å². The highest BCUT2D eigenvalue weighted by atomic mass is 16.5. The standard InChI is InChI=1S/C16H19NO4/c1-18-13-8-6-5-7-11(13)17-12-9-15(20-3)16(21-4)10-14(12)19-2/h5-10,17H,1-4H3. The van der Waals surface area contributed by atoms with E-state index in [9.17, 15) is 0 Å². The average Bonchev–Trinajstić information content (AvgIpc) is 2.54. The van der Waals surface area contributed by atoms with Crippen molar-refractivity contribution in [2.75, 3.05) is 33.8 Å². The third kappa shape index (κ3) is 3.13. The van der Waals surface area contributed by atoms with Gasteiger partial charge in [0.05, 0.1) is 39.8 Å². The van der Waals surface area contributed by atoms with Crippen LogP contribution in [-0.2, 0) is 0 Å². The van der Waals surface area contributed by atoms with Gasteiger partial charge in [-0.25, -0.2) is 0 Å². The Morgan fingerprint density at radius 3 is 1.81 bits per heavy atom. The van der Waals surface area contributed by atoms with Crippen molar-refractivity contribution < 1.29 is 18.9 Å². The topological polar surface area (TPSA) is 49.0 Å². The summed E-state index contributed by atoms with van der Waals surface area (Å²) in [6.45, 7) is 0.